The third-order valence-electron chi connectivity index (χ3n) is 2.13. The van der Waals surface area contributed by atoms with E-state index in [-0.39, 0.29) is 4.77 Å². The van der Waals surface area contributed by atoms with Gasteiger partial charge in [0.05, 0.1) is 5.69 Å². The van der Waals surface area contributed by atoms with Crippen LogP contribution in [-0.4, -0.2) is 19.8 Å². The summed E-state index contributed by atoms with van der Waals surface area (Å²) in [5.74, 6) is 0. The molecule has 0 fully saturated rings. The fraction of sp³-hybridized carbons (Fsp3) is 0.222. The molecule has 4 nitrogen and oxygen atoms in total. The molecule has 84 valence electrons. The van der Waals surface area contributed by atoms with Crippen molar-refractivity contribution in [1.29, 1.82) is 0 Å². The van der Waals surface area contributed by atoms with E-state index in [2.05, 4.69) is 10.4 Å². The van der Waals surface area contributed by atoms with Gasteiger partial charge in [-0.3, -0.25) is 0 Å². The molecule has 7 heteroatoms. The quantitative estimate of drug-likeness (QED) is 0.759. The highest BCUT2D eigenvalue weighted by molar-refractivity contribution is 7.71. The van der Waals surface area contributed by atoms with Crippen LogP contribution in [0, 0.1) is 11.7 Å². The lowest BCUT2D eigenvalue weighted by Crippen LogP contribution is -2.02. The SMILES string of the molecule is Cc1ccccc1-n1nnn(C(F)F)c1=S. The van der Waals surface area contributed by atoms with E-state index in [0.29, 0.717) is 10.4 Å². The van der Waals surface area contributed by atoms with Gasteiger partial charge in [0, 0.05) is 0 Å². The van der Waals surface area contributed by atoms with Crippen molar-refractivity contribution >= 4 is 12.2 Å². The van der Waals surface area contributed by atoms with E-state index in [4.69, 9.17) is 12.2 Å². The first kappa shape index (κ1) is 10.9. The second kappa shape index (κ2) is 4.09. The molecule has 0 saturated carbocycles. The van der Waals surface area contributed by atoms with Crippen molar-refractivity contribution in [3.05, 3.63) is 34.6 Å². The summed E-state index contributed by atoms with van der Waals surface area (Å²) in [6.07, 6.45) is 0. The number of aryl methyl sites for hydroxylation is 1. The standard InChI is InChI=1S/C9H8F2N4S/c1-6-4-2-3-5-7(6)14-9(16)15(8(10)11)13-12-14/h2-5,8H,1H3. The summed E-state index contributed by atoms with van der Waals surface area (Å²) in [6.45, 7) is -0.927. The number of rotatable bonds is 2. The lowest BCUT2D eigenvalue weighted by molar-refractivity contribution is 0.0529. The predicted molar refractivity (Wildman–Crippen MR) is 56.2 cm³/mol. The van der Waals surface area contributed by atoms with E-state index in [9.17, 15) is 8.78 Å². The number of nitrogens with zero attached hydrogens (tertiary/aromatic N) is 4. The normalized spacial score (nSPS) is 11.0. The topological polar surface area (TPSA) is 35.6 Å². The smallest absolute Gasteiger partial charge is 0.185 e. The van der Waals surface area contributed by atoms with E-state index in [1.807, 2.05) is 19.1 Å². The highest BCUT2D eigenvalue weighted by atomic mass is 32.1. The maximum atomic E-state index is 12.4. The summed E-state index contributed by atoms with van der Waals surface area (Å²) >= 11 is 4.86. The summed E-state index contributed by atoms with van der Waals surface area (Å²) in [5, 5.41) is 6.92. The fourth-order valence-electron chi connectivity index (χ4n) is 1.33. The third-order valence-corrected chi connectivity index (χ3v) is 2.49. The second-order valence-electron chi connectivity index (χ2n) is 3.18. The zero-order chi connectivity index (χ0) is 11.7. The molecule has 0 N–H and O–H groups in total. The second-order valence-corrected chi connectivity index (χ2v) is 3.55. The van der Waals surface area contributed by atoms with Gasteiger partial charge in [-0.15, -0.1) is 0 Å². The molecule has 2 aromatic rings. The minimum absolute atomic E-state index is 0.121. The van der Waals surface area contributed by atoms with Gasteiger partial charge in [0.25, 0.3) is 0 Å². The molecule has 2 rings (SSSR count). The van der Waals surface area contributed by atoms with E-state index < -0.39 is 6.55 Å². The van der Waals surface area contributed by atoms with Crippen molar-refractivity contribution in [3.63, 3.8) is 0 Å². The predicted octanol–water partition coefficient (Wildman–Crippen LogP) is 2.50. The first-order valence-electron chi connectivity index (χ1n) is 4.50. The Morgan fingerprint density at radius 2 is 1.94 bits per heavy atom. The molecule has 0 aliphatic heterocycles. The van der Waals surface area contributed by atoms with Crippen LogP contribution >= 0.6 is 12.2 Å². The number of hydrogen-bond acceptors (Lipinski definition) is 3. The van der Waals surface area contributed by atoms with E-state index in [1.54, 1.807) is 12.1 Å². The minimum Gasteiger partial charge on any atom is -0.185 e. The van der Waals surface area contributed by atoms with Crippen LogP contribution in [0.15, 0.2) is 24.3 Å². The van der Waals surface area contributed by atoms with E-state index >= 15 is 0 Å². The van der Waals surface area contributed by atoms with Crippen LogP contribution in [0.3, 0.4) is 0 Å². The van der Waals surface area contributed by atoms with Crippen LogP contribution in [0.4, 0.5) is 8.78 Å². The Bertz CT molecular complexity index is 561. The number of hydrogen-bond donors (Lipinski definition) is 0. The van der Waals surface area contributed by atoms with E-state index in [0.717, 1.165) is 5.56 Å². The number of para-hydroxylation sites is 1. The summed E-state index contributed by atoms with van der Waals surface area (Å²) < 4.78 is 26.4. The van der Waals surface area contributed by atoms with Crippen LogP contribution in [-0.2, 0) is 0 Å². The molecule has 0 spiro atoms. The van der Waals surface area contributed by atoms with Gasteiger partial charge in [0.15, 0.2) is 0 Å². The van der Waals surface area contributed by atoms with Crippen LogP contribution in [0.25, 0.3) is 5.69 Å². The lowest BCUT2D eigenvalue weighted by Gasteiger charge is -2.03. The van der Waals surface area contributed by atoms with Gasteiger partial charge >= 0.3 is 6.55 Å². The molecule has 16 heavy (non-hydrogen) atoms. The molecule has 0 aliphatic rings. The first-order chi connectivity index (χ1) is 7.61. The van der Waals surface area contributed by atoms with Gasteiger partial charge in [0.2, 0.25) is 4.77 Å². The Morgan fingerprint density at radius 1 is 1.25 bits per heavy atom. The van der Waals surface area contributed by atoms with Gasteiger partial charge in [-0.2, -0.15) is 18.1 Å². The Labute approximate surface area is 95.1 Å². The van der Waals surface area contributed by atoms with Gasteiger partial charge in [0.1, 0.15) is 0 Å². The summed E-state index contributed by atoms with van der Waals surface area (Å²) in [4.78, 5) is 0. The molecular formula is C9H8F2N4S. The van der Waals surface area contributed by atoms with Crippen molar-refractivity contribution < 1.29 is 8.78 Å². The zero-order valence-electron chi connectivity index (χ0n) is 8.34. The van der Waals surface area contributed by atoms with Crippen molar-refractivity contribution in [1.82, 2.24) is 19.8 Å². The fourth-order valence-corrected chi connectivity index (χ4v) is 1.58. The van der Waals surface area contributed by atoms with Gasteiger partial charge in [-0.25, -0.2) is 0 Å². The summed E-state index contributed by atoms with van der Waals surface area (Å²) in [6, 6.07) is 7.22. The number of halogens is 2. The van der Waals surface area contributed by atoms with Gasteiger partial charge in [-0.05, 0) is 41.2 Å². The minimum atomic E-state index is -2.77. The number of tetrazole rings is 1. The Morgan fingerprint density at radius 3 is 2.50 bits per heavy atom. The van der Waals surface area contributed by atoms with E-state index in [1.165, 1.54) is 4.68 Å². The largest absolute Gasteiger partial charge is 0.337 e. The van der Waals surface area contributed by atoms with Crippen LogP contribution < -0.4 is 0 Å². The Hall–Kier alpha value is -1.63. The van der Waals surface area contributed by atoms with Crippen LogP contribution in [0.1, 0.15) is 12.1 Å². The van der Waals surface area contributed by atoms with Crippen molar-refractivity contribution in [2.24, 2.45) is 0 Å². The molecule has 1 heterocycles. The lowest BCUT2D eigenvalue weighted by atomic mass is 10.2. The molecule has 0 amide bonds. The Kier molecular flexibility index (Phi) is 2.78. The molecule has 1 aromatic carbocycles. The number of alkyl halides is 2. The maximum absolute atomic E-state index is 12.4. The molecule has 0 radical (unpaired) electrons. The highest BCUT2D eigenvalue weighted by Gasteiger charge is 2.13. The number of benzene rings is 1. The molecular weight excluding hydrogens is 234 g/mol. The zero-order valence-corrected chi connectivity index (χ0v) is 9.16. The average Bonchev–Trinajstić information content (AvgIpc) is 2.61. The molecule has 0 bridgehead atoms. The first-order valence-corrected chi connectivity index (χ1v) is 4.91. The number of aromatic nitrogens is 4. The Balaban J connectivity index is 2.59. The highest BCUT2D eigenvalue weighted by Crippen LogP contribution is 2.14. The van der Waals surface area contributed by atoms with Crippen LogP contribution in [0.5, 0.6) is 0 Å². The van der Waals surface area contributed by atoms with Crippen LogP contribution in [0.2, 0.25) is 0 Å². The molecule has 0 saturated heterocycles. The molecule has 0 aliphatic carbocycles. The van der Waals surface area contributed by atoms with Gasteiger partial charge in [-0.1, -0.05) is 18.2 Å². The van der Waals surface area contributed by atoms with Crippen molar-refractivity contribution in [2.75, 3.05) is 0 Å². The van der Waals surface area contributed by atoms with Gasteiger partial charge < -0.3 is 0 Å². The average molecular weight is 242 g/mol. The van der Waals surface area contributed by atoms with Crippen molar-refractivity contribution in [3.8, 4) is 5.69 Å². The summed E-state index contributed by atoms with van der Waals surface area (Å²) in [7, 11) is 0. The monoisotopic (exact) mass is 242 g/mol. The molecule has 1 aromatic heterocycles. The third kappa shape index (κ3) is 1.73. The van der Waals surface area contributed by atoms with Crippen molar-refractivity contribution in [2.45, 2.75) is 13.5 Å². The molecule has 0 unspecified atom stereocenters. The molecule has 0 atom stereocenters. The maximum Gasteiger partial charge on any atom is 0.337 e. The summed E-state index contributed by atoms with van der Waals surface area (Å²) in [5.41, 5.74) is 1.54.